The van der Waals surface area contributed by atoms with Crippen LogP contribution in [0.15, 0.2) is 29.2 Å². The molecule has 1 aliphatic heterocycles. The maximum Gasteiger partial charge on any atom is 0.326 e. The van der Waals surface area contributed by atoms with E-state index in [9.17, 15) is 28.1 Å². The Labute approximate surface area is 182 Å². The lowest BCUT2D eigenvalue weighted by Gasteiger charge is -2.38. The zero-order valence-corrected chi connectivity index (χ0v) is 18.7. The number of non-ortho nitro benzene ring substituents is 1. The number of methoxy groups -OCH3 is 1. The third kappa shape index (κ3) is 6.23. The summed E-state index contributed by atoms with van der Waals surface area (Å²) in [5, 5.41) is 10.8. The number of amides is 1. The number of nitrogens with zero attached hydrogens (tertiary/aromatic N) is 3. The number of carbonyl (C=O) groups excluding carboxylic acids is 2. The van der Waals surface area contributed by atoms with Crippen LogP contribution in [-0.2, 0) is 24.3 Å². The molecule has 0 bridgehead atoms. The molecule has 172 valence electrons. The van der Waals surface area contributed by atoms with Gasteiger partial charge in [-0.05, 0) is 18.6 Å². The van der Waals surface area contributed by atoms with Crippen molar-refractivity contribution in [3.8, 4) is 0 Å². The largest absolute Gasteiger partial charge is 0.468 e. The zero-order chi connectivity index (χ0) is 23.0. The number of hydrogen-bond donors (Lipinski definition) is 0. The van der Waals surface area contributed by atoms with E-state index in [0.717, 1.165) is 67.8 Å². The normalized spacial score (nSPS) is 17.5. The molecule has 0 aromatic heterocycles. The lowest BCUT2D eigenvalue weighted by atomic mass is 10.1. The molecule has 1 unspecified atom stereocenters. The van der Waals surface area contributed by atoms with Gasteiger partial charge in [0.25, 0.3) is 5.69 Å². The van der Waals surface area contributed by atoms with Crippen molar-refractivity contribution >= 4 is 27.6 Å². The number of benzene rings is 1. The summed E-state index contributed by atoms with van der Waals surface area (Å²) >= 11 is 0. The number of piperazine rings is 1. The van der Waals surface area contributed by atoms with Crippen LogP contribution in [0.1, 0.15) is 45.4 Å². The number of carbonyl (C=O) groups is 2. The molecule has 2 rings (SSSR count). The van der Waals surface area contributed by atoms with E-state index < -0.39 is 33.5 Å². The summed E-state index contributed by atoms with van der Waals surface area (Å²) in [5.41, 5.74) is -0.261. The Morgan fingerprint density at radius 3 is 2.35 bits per heavy atom. The number of rotatable bonds is 11. The van der Waals surface area contributed by atoms with Gasteiger partial charge < -0.3 is 9.64 Å². The Morgan fingerprint density at radius 1 is 1.16 bits per heavy atom. The quantitative estimate of drug-likeness (QED) is 0.217. The second-order valence-corrected chi connectivity index (χ2v) is 9.34. The molecule has 0 saturated carbocycles. The Kier molecular flexibility index (Phi) is 8.93. The standard InChI is InChI=1S/C20H29N3O7S/c1-3-4-5-6-7-8-13-21-14-18(20(25)30-2)22(15-19(21)24)31(28,29)17-11-9-16(10-12-17)23(26)27/h9-12,18H,3-8,13-15H2,1-2H3. The molecule has 1 aromatic rings. The molecule has 1 atom stereocenters. The van der Waals surface area contributed by atoms with E-state index in [4.69, 9.17) is 4.74 Å². The van der Waals surface area contributed by atoms with Gasteiger partial charge in [-0.1, -0.05) is 39.0 Å². The van der Waals surface area contributed by atoms with Gasteiger partial charge in [0.15, 0.2) is 0 Å². The average molecular weight is 456 g/mol. The highest BCUT2D eigenvalue weighted by molar-refractivity contribution is 7.89. The molecule has 11 heteroatoms. The van der Waals surface area contributed by atoms with Crippen LogP contribution in [0.4, 0.5) is 5.69 Å². The van der Waals surface area contributed by atoms with Crippen molar-refractivity contribution in [2.24, 2.45) is 0 Å². The lowest BCUT2D eigenvalue weighted by Crippen LogP contribution is -2.60. The van der Waals surface area contributed by atoms with Crippen LogP contribution in [0.5, 0.6) is 0 Å². The van der Waals surface area contributed by atoms with Gasteiger partial charge in [0.05, 0.1) is 23.5 Å². The molecule has 0 N–H and O–H groups in total. The van der Waals surface area contributed by atoms with Crippen molar-refractivity contribution in [1.82, 2.24) is 9.21 Å². The van der Waals surface area contributed by atoms with E-state index in [1.807, 2.05) is 0 Å². The van der Waals surface area contributed by atoms with Crippen LogP contribution in [-0.4, -0.2) is 67.2 Å². The van der Waals surface area contributed by atoms with Crippen LogP contribution < -0.4 is 0 Å². The molecule has 0 radical (unpaired) electrons. The van der Waals surface area contributed by atoms with Gasteiger partial charge in [-0.3, -0.25) is 19.7 Å². The number of ether oxygens (including phenoxy) is 1. The Balaban J connectivity index is 2.15. The third-order valence-corrected chi connectivity index (χ3v) is 7.16. The average Bonchev–Trinajstić information content (AvgIpc) is 2.76. The van der Waals surface area contributed by atoms with Crippen molar-refractivity contribution in [2.75, 3.05) is 26.7 Å². The van der Waals surface area contributed by atoms with Gasteiger partial charge in [0.1, 0.15) is 6.04 Å². The molecule has 0 aliphatic carbocycles. The number of esters is 1. The number of nitro benzene ring substituents is 1. The summed E-state index contributed by atoms with van der Waals surface area (Å²) in [7, 11) is -3.08. The van der Waals surface area contributed by atoms with Crippen molar-refractivity contribution < 1.29 is 27.7 Å². The number of hydrogen-bond acceptors (Lipinski definition) is 7. The maximum atomic E-state index is 13.1. The first-order valence-electron chi connectivity index (χ1n) is 10.3. The van der Waals surface area contributed by atoms with E-state index in [2.05, 4.69) is 6.92 Å². The van der Waals surface area contributed by atoms with Crippen LogP contribution in [0.3, 0.4) is 0 Å². The molecule has 1 heterocycles. The molecular weight excluding hydrogens is 426 g/mol. The minimum absolute atomic E-state index is 0.0906. The minimum atomic E-state index is -4.24. The topological polar surface area (TPSA) is 127 Å². The number of nitro groups is 1. The van der Waals surface area contributed by atoms with E-state index >= 15 is 0 Å². The summed E-state index contributed by atoms with van der Waals surface area (Å²) < 4.78 is 31.8. The van der Waals surface area contributed by atoms with Gasteiger partial charge in [-0.25, -0.2) is 8.42 Å². The van der Waals surface area contributed by atoms with Gasteiger partial charge in [0.2, 0.25) is 15.9 Å². The fourth-order valence-corrected chi connectivity index (χ4v) is 5.02. The monoisotopic (exact) mass is 455 g/mol. The summed E-state index contributed by atoms with van der Waals surface area (Å²) in [6.45, 7) is 2.00. The first kappa shape index (κ1) is 24.7. The van der Waals surface area contributed by atoms with Crippen molar-refractivity contribution in [1.29, 1.82) is 0 Å². The van der Waals surface area contributed by atoms with Crippen LogP contribution >= 0.6 is 0 Å². The van der Waals surface area contributed by atoms with Gasteiger partial charge in [-0.15, -0.1) is 0 Å². The summed E-state index contributed by atoms with van der Waals surface area (Å²) in [6.07, 6.45) is 6.25. The van der Waals surface area contributed by atoms with E-state index in [-0.39, 0.29) is 23.0 Å². The fourth-order valence-electron chi connectivity index (χ4n) is 3.50. The lowest BCUT2D eigenvalue weighted by molar-refractivity contribution is -0.384. The fraction of sp³-hybridized carbons (Fsp3) is 0.600. The van der Waals surface area contributed by atoms with E-state index in [0.29, 0.717) is 6.54 Å². The number of unbranched alkanes of at least 4 members (excludes halogenated alkanes) is 5. The van der Waals surface area contributed by atoms with Crippen molar-refractivity contribution in [3.05, 3.63) is 34.4 Å². The molecule has 0 spiro atoms. The Hall–Kier alpha value is -2.53. The molecular formula is C20H29N3O7S. The minimum Gasteiger partial charge on any atom is -0.468 e. The summed E-state index contributed by atoms with van der Waals surface area (Å²) in [6, 6.07) is 3.14. The zero-order valence-electron chi connectivity index (χ0n) is 17.9. The van der Waals surface area contributed by atoms with E-state index in [1.165, 1.54) is 11.3 Å². The summed E-state index contributed by atoms with van der Waals surface area (Å²) in [4.78, 5) is 36.4. The van der Waals surface area contributed by atoms with Gasteiger partial charge >= 0.3 is 5.97 Å². The highest BCUT2D eigenvalue weighted by Gasteiger charge is 2.43. The summed E-state index contributed by atoms with van der Waals surface area (Å²) in [5.74, 6) is -1.15. The van der Waals surface area contributed by atoms with Crippen molar-refractivity contribution in [2.45, 2.75) is 56.4 Å². The second kappa shape index (κ2) is 11.2. The number of sulfonamides is 1. The van der Waals surface area contributed by atoms with Crippen LogP contribution in [0.2, 0.25) is 0 Å². The maximum absolute atomic E-state index is 13.1. The highest BCUT2D eigenvalue weighted by atomic mass is 32.2. The molecule has 10 nitrogen and oxygen atoms in total. The molecule has 1 aliphatic rings. The Morgan fingerprint density at radius 2 is 1.77 bits per heavy atom. The first-order valence-corrected chi connectivity index (χ1v) is 11.8. The second-order valence-electron chi connectivity index (χ2n) is 7.45. The third-order valence-electron chi connectivity index (χ3n) is 5.29. The predicted molar refractivity (Wildman–Crippen MR) is 113 cm³/mol. The van der Waals surface area contributed by atoms with Gasteiger partial charge in [-0.2, -0.15) is 4.31 Å². The smallest absolute Gasteiger partial charge is 0.326 e. The highest BCUT2D eigenvalue weighted by Crippen LogP contribution is 2.25. The Bertz CT molecular complexity index is 887. The van der Waals surface area contributed by atoms with Crippen molar-refractivity contribution in [3.63, 3.8) is 0 Å². The SMILES string of the molecule is CCCCCCCCN1CC(C(=O)OC)N(S(=O)(=O)c2ccc([N+](=O)[O-])cc2)CC1=O. The molecule has 31 heavy (non-hydrogen) atoms. The predicted octanol–water partition coefficient (Wildman–Crippen LogP) is 2.33. The van der Waals surface area contributed by atoms with Crippen LogP contribution in [0, 0.1) is 10.1 Å². The molecule has 1 fully saturated rings. The first-order chi connectivity index (χ1) is 14.7. The van der Waals surface area contributed by atoms with E-state index in [1.54, 1.807) is 0 Å². The molecule has 1 aromatic carbocycles. The van der Waals surface area contributed by atoms with Gasteiger partial charge in [0, 0.05) is 25.2 Å². The molecule has 1 saturated heterocycles. The molecule has 1 amide bonds. The van der Waals surface area contributed by atoms with Crippen LogP contribution in [0.25, 0.3) is 0 Å².